The molecule has 1 fully saturated rings. The summed E-state index contributed by atoms with van der Waals surface area (Å²) in [5, 5.41) is 15.0. The number of nitrogens with one attached hydrogen (secondary N) is 2. The van der Waals surface area contributed by atoms with Crippen molar-refractivity contribution < 1.29 is 0 Å². The van der Waals surface area contributed by atoms with Crippen LogP contribution in [0.5, 0.6) is 0 Å². The molecule has 0 bridgehead atoms. The first kappa shape index (κ1) is 19.4. The summed E-state index contributed by atoms with van der Waals surface area (Å²) in [6.45, 7) is 4.75. The fourth-order valence-corrected chi connectivity index (χ4v) is 3.92. The molecule has 1 aromatic carbocycles. The Morgan fingerprint density at radius 1 is 1.15 bits per heavy atom. The van der Waals surface area contributed by atoms with Gasteiger partial charge in [-0.1, -0.05) is 37.3 Å². The number of aliphatic imine (C=N–C) groups is 1. The second-order valence-electron chi connectivity index (χ2n) is 7.30. The SMILES string of the molecule is CCc1nncn1CCNC(=NC)NCC1CCC(c2ccccc2)CC1. The van der Waals surface area contributed by atoms with Crippen LogP contribution in [0.3, 0.4) is 0 Å². The lowest BCUT2D eigenvalue weighted by molar-refractivity contribution is 0.324. The second kappa shape index (κ2) is 10.1. The van der Waals surface area contributed by atoms with E-state index in [1.54, 1.807) is 6.33 Å². The molecular weight excluding hydrogens is 336 g/mol. The largest absolute Gasteiger partial charge is 0.356 e. The third-order valence-corrected chi connectivity index (χ3v) is 5.56. The van der Waals surface area contributed by atoms with Gasteiger partial charge < -0.3 is 15.2 Å². The maximum atomic E-state index is 4.35. The van der Waals surface area contributed by atoms with Gasteiger partial charge in [0.25, 0.3) is 0 Å². The van der Waals surface area contributed by atoms with Gasteiger partial charge in [0.1, 0.15) is 12.2 Å². The van der Waals surface area contributed by atoms with Crippen LogP contribution in [-0.4, -0.2) is 40.9 Å². The quantitative estimate of drug-likeness (QED) is 0.582. The average molecular weight is 369 g/mol. The minimum absolute atomic E-state index is 0.730. The van der Waals surface area contributed by atoms with E-state index in [0.717, 1.165) is 49.7 Å². The molecule has 1 aliphatic carbocycles. The van der Waals surface area contributed by atoms with Crippen molar-refractivity contribution in [1.29, 1.82) is 0 Å². The van der Waals surface area contributed by atoms with Gasteiger partial charge >= 0.3 is 0 Å². The standard InChI is InChI=1S/C21H32N6/c1-3-20-26-25-16-27(20)14-13-23-21(22-2)24-15-17-9-11-19(12-10-17)18-7-5-4-6-8-18/h4-8,16-17,19H,3,9-15H2,1-2H3,(H2,22,23,24). The summed E-state index contributed by atoms with van der Waals surface area (Å²) in [7, 11) is 1.83. The van der Waals surface area contributed by atoms with Gasteiger partial charge in [0.2, 0.25) is 0 Å². The predicted octanol–water partition coefficient (Wildman–Crippen LogP) is 2.98. The summed E-state index contributed by atoms with van der Waals surface area (Å²) in [6, 6.07) is 11.0. The summed E-state index contributed by atoms with van der Waals surface area (Å²) < 4.78 is 2.09. The maximum Gasteiger partial charge on any atom is 0.191 e. The number of nitrogens with zero attached hydrogens (tertiary/aromatic N) is 4. The third-order valence-electron chi connectivity index (χ3n) is 5.56. The van der Waals surface area contributed by atoms with Crippen LogP contribution in [0.4, 0.5) is 0 Å². The number of hydrogen-bond acceptors (Lipinski definition) is 3. The molecule has 2 aromatic rings. The molecule has 146 valence electrons. The Morgan fingerprint density at radius 3 is 2.63 bits per heavy atom. The van der Waals surface area contributed by atoms with Crippen LogP contribution < -0.4 is 10.6 Å². The lowest BCUT2D eigenvalue weighted by atomic mass is 9.79. The highest BCUT2D eigenvalue weighted by Gasteiger charge is 2.22. The molecule has 1 aliphatic rings. The summed E-state index contributed by atoms with van der Waals surface area (Å²) in [5.74, 6) is 3.37. The Kier molecular flexibility index (Phi) is 7.25. The van der Waals surface area contributed by atoms with Crippen LogP contribution in [0, 0.1) is 5.92 Å². The summed E-state index contributed by atoms with van der Waals surface area (Å²) in [4.78, 5) is 4.35. The molecule has 1 aromatic heterocycles. The van der Waals surface area contributed by atoms with E-state index < -0.39 is 0 Å². The number of rotatable bonds is 7. The van der Waals surface area contributed by atoms with Gasteiger partial charge in [0, 0.05) is 33.1 Å². The topological polar surface area (TPSA) is 67.1 Å². The van der Waals surface area contributed by atoms with Gasteiger partial charge in [0.15, 0.2) is 5.96 Å². The average Bonchev–Trinajstić information content (AvgIpc) is 3.19. The lowest BCUT2D eigenvalue weighted by Gasteiger charge is -2.29. The molecule has 2 N–H and O–H groups in total. The van der Waals surface area contributed by atoms with E-state index in [1.807, 2.05) is 7.05 Å². The molecular formula is C21H32N6. The van der Waals surface area contributed by atoms with Crippen LogP contribution in [-0.2, 0) is 13.0 Å². The van der Waals surface area contributed by atoms with Gasteiger partial charge in [-0.2, -0.15) is 0 Å². The third kappa shape index (κ3) is 5.55. The van der Waals surface area contributed by atoms with Gasteiger partial charge in [-0.3, -0.25) is 4.99 Å². The maximum absolute atomic E-state index is 4.35. The Balaban J connectivity index is 1.36. The highest BCUT2D eigenvalue weighted by atomic mass is 15.3. The molecule has 3 rings (SSSR count). The smallest absolute Gasteiger partial charge is 0.191 e. The highest BCUT2D eigenvalue weighted by molar-refractivity contribution is 5.79. The van der Waals surface area contributed by atoms with Crippen LogP contribution in [0.15, 0.2) is 41.7 Å². The normalized spacial score (nSPS) is 20.4. The van der Waals surface area contributed by atoms with Crippen molar-refractivity contribution in [2.75, 3.05) is 20.1 Å². The molecule has 1 saturated carbocycles. The zero-order valence-electron chi connectivity index (χ0n) is 16.6. The fraction of sp³-hybridized carbons (Fsp3) is 0.571. The van der Waals surface area contributed by atoms with Crippen molar-refractivity contribution in [3.05, 3.63) is 48.0 Å². The van der Waals surface area contributed by atoms with E-state index in [0.29, 0.717) is 0 Å². The number of guanidine groups is 1. The zero-order valence-corrected chi connectivity index (χ0v) is 16.6. The molecule has 0 amide bonds. The van der Waals surface area contributed by atoms with E-state index in [1.165, 1.54) is 31.2 Å². The molecule has 0 aliphatic heterocycles. The monoisotopic (exact) mass is 368 g/mol. The van der Waals surface area contributed by atoms with Crippen molar-refractivity contribution in [3.8, 4) is 0 Å². The highest BCUT2D eigenvalue weighted by Crippen LogP contribution is 2.35. The minimum Gasteiger partial charge on any atom is -0.356 e. The van der Waals surface area contributed by atoms with Crippen LogP contribution in [0.1, 0.15) is 49.9 Å². The van der Waals surface area contributed by atoms with E-state index in [-0.39, 0.29) is 0 Å². The van der Waals surface area contributed by atoms with E-state index in [4.69, 9.17) is 0 Å². The molecule has 0 spiro atoms. The van der Waals surface area contributed by atoms with Crippen molar-refractivity contribution in [1.82, 2.24) is 25.4 Å². The first-order chi connectivity index (χ1) is 13.3. The zero-order chi connectivity index (χ0) is 18.9. The van der Waals surface area contributed by atoms with Crippen LogP contribution in [0.2, 0.25) is 0 Å². The van der Waals surface area contributed by atoms with E-state index >= 15 is 0 Å². The Morgan fingerprint density at radius 2 is 1.93 bits per heavy atom. The summed E-state index contributed by atoms with van der Waals surface area (Å²) in [5.41, 5.74) is 1.50. The molecule has 1 heterocycles. The van der Waals surface area contributed by atoms with Crippen molar-refractivity contribution in [2.24, 2.45) is 10.9 Å². The van der Waals surface area contributed by atoms with E-state index in [9.17, 15) is 0 Å². The van der Waals surface area contributed by atoms with Crippen molar-refractivity contribution in [2.45, 2.75) is 51.5 Å². The van der Waals surface area contributed by atoms with Crippen LogP contribution >= 0.6 is 0 Å². The molecule has 0 saturated heterocycles. The van der Waals surface area contributed by atoms with Crippen molar-refractivity contribution >= 4 is 5.96 Å². The minimum atomic E-state index is 0.730. The molecule has 6 heteroatoms. The fourth-order valence-electron chi connectivity index (χ4n) is 3.92. The number of hydrogen-bond donors (Lipinski definition) is 2. The Bertz CT molecular complexity index is 700. The summed E-state index contributed by atoms with van der Waals surface area (Å²) >= 11 is 0. The Hall–Kier alpha value is -2.37. The lowest BCUT2D eigenvalue weighted by Crippen LogP contribution is -2.41. The molecule has 6 nitrogen and oxygen atoms in total. The molecule has 0 unspecified atom stereocenters. The summed E-state index contributed by atoms with van der Waals surface area (Å²) in [6.07, 6.45) is 7.83. The van der Waals surface area contributed by atoms with Gasteiger partial charge in [0.05, 0.1) is 0 Å². The Labute approximate surface area is 162 Å². The van der Waals surface area contributed by atoms with Gasteiger partial charge in [-0.15, -0.1) is 10.2 Å². The van der Waals surface area contributed by atoms with Crippen molar-refractivity contribution in [3.63, 3.8) is 0 Å². The van der Waals surface area contributed by atoms with Crippen LogP contribution in [0.25, 0.3) is 0 Å². The molecule has 27 heavy (non-hydrogen) atoms. The number of aryl methyl sites for hydroxylation is 1. The first-order valence-electron chi connectivity index (χ1n) is 10.2. The van der Waals surface area contributed by atoms with Gasteiger partial charge in [-0.05, 0) is 43.1 Å². The number of aromatic nitrogens is 3. The van der Waals surface area contributed by atoms with E-state index in [2.05, 4.69) is 67.6 Å². The molecule has 0 atom stereocenters. The first-order valence-corrected chi connectivity index (χ1v) is 10.2. The predicted molar refractivity (Wildman–Crippen MR) is 110 cm³/mol. The number of benzene rings is 1. The molecule has 0 radical (unpaired) electrons. The van der Waals surface area contributed by atoms with Gasteiger partial charge in [-0.25, -0.2) is 0 Å². The second-order valence-corrected chi connectivity index (χ2v) is 7.30.